The van der Waals surface area contributed by atoms with Crippen molar-refractivity contribution in [2.24, 2.45) is 5.92 Å². The van der Waals surface area contributed by atoms with Crippen LogP contribution in [0.3, 0.4) is 0 Å². The Bertz CT molecular complexity index is 106. The van der Waals surface area contributed by atoms with Gasteiger partial charge < -0.3 is 5.32 Å². The molecule has 1 aliphatic carbocycles. The summed E-state index contributed by atoms with van der Waals surface area (Å²) in [7, 11) is 0.489. The van der Waals surface area contributed by atoms with Crippen molar-refractivity contribution in [2.45, 2.75) is 12.8 Å². The molecule has 1 aliphatic heterocycles. The number of hydrogen-bond acceptors (Lipinski definition) is 1. The van der Waals surface area contributed by atoms with Crippen molar-refractivity contribution in [1.29, 1.82) is 0 Å². The van der Waals surface area contributed by atoms with Gasteiger partial charge in [-0.2, -0.15) is 0 Å². The van der Waals surface area contributed by atoms with Crippen LogP contribution in [0.4, 0.5) is 0 Å². The van der Waals surface area contributed by atoms with E-state index in [1.54, 1.807) is 19.0 Å². The molecular formula is C8H16NP. The van der Waals surface area contributed by atoms with Gasteiger partial charge in [-0.3, -0.25) is 0 Å². The van der Waals surface area contributed by atoms with Crippen LogP contribution in [0.25, 0.3) is 0 Å². The number of nitrogens with one attached hydrogen (secondary N) is 1. The lowest BCUT2D eigenvalue weighted by Gasteiger charge is -2.22. The molecule has 0 radical (unpaired) electrons. The third-order valence-corrected chi connectivity index (χ3v) is 5.17. The normalized spacial score (nSPS) is 28.8. The van der Waals surface area contributed by atoms with Gasteiger partial charge in [0.2, 0.25) is 0 Å². The first-order valence-corrected chi connectivity index (χ1v) is 6.28. The topological polar surface area (TPSA) is 12.0 Å². The van der Waals surface area contributed by atoms with Crippen molar-refractivity contribution >= 4 is 7.92 Å². The average molecular weight is 157 g/mol. The fourth-order valence-electron chi connectivity index (χ4n) is 1.56. The summed E-state index contributed by atoms with van der Waals surface area (Å²) < 4.78 is 0. The molecule has 0 aromatic rings. The van der Waals surface area contributed by atoms with Gasteiger partial charge in [0.25, 0.3) is 0 Å². The lowest BCUT2D eigenvalue weighted by Crippen LogP contribution is -2.27. The van der Waals surface area contributed by atoms with Crippen LogP contribution in [-0.4, -0.2) is 31.6 Å². The Morgan fingerprint density at radius 1 is 1.20 bits per heavy atom. The van der Waals surface area contributed by atoms with E-state index in [0.717, 1.165) is 0 Å². The standard InChI is InChI=1S/C8H16NP/c1-2-8(1)7-10-5-3-9-4-6-10/h8-9H,1-7H2. The Morgan fingerprint density at radius 2 is 1.90 bits per heavy atom. The van der Waals surface area contributed by atoms with Gasteiger partial charge in [0.1, 0.15) is 0 Å². The number of rotatable bonds is 2. The van der Waals surface area contributed by atoms with Crippen LogP contribution in [0.2, 0.25) is 0 Å². The molecule has 0 spiro atoms. The van der Waals surface area contributed by atoms with Gasteiger partial charge >= 0.3 is 0 Å². The van der Waals surface area contributed by atoms with E-state index in [0.29, 0.717) is 7.92 Å². The maximum atomic E-state index is 3.42. The molecule has 0 atom stereocenters. The molecule has 0 amide bonds. The van der Waals surface area contributed by atoms with Crippen LogP contribution in [-0.2, 0) is 0 Å². The summed E-state index contributed by atoms with van der Waals surface area (Å²) in [5.74, 6) is 1.17. The second-order valence-electron chi connectivity index (χ2n) is 3.49. The highest BCUT2D eigenvalue weighted by atomic mass is 31.1. The Morgan fingerprint density at radius 3 is 2.50 bits per heavy atom. The van der Waals surface area contributed by atoms with Gasteiger partial charge in [-0.1, -0.05) is 0 Å². The van der Waals surface area contributed by atoms with Crippen molar-refractivity contribution in [3.8, 4) is 0 Å². The Hall–Kier alpha value is 0.390. The highest BCUT2D eigenvalue weighted by Crippen LogP contribution is 2.45. The third-order valence-electron chi connectivity index (χ3n) is 2.42. The highest BCUT2D eigenvalue weighted by Gasteiger charge is 2.25. The van der Waals surface area contributed by atoms with Crippen LogP contribution >= 0.6 is 7.92 Å². The van der Waals surface area contributed by atoms with Gasteiger partial charge in [-0.25, -0.2) is 0 Å². The highest BCUT2D eigenvalue weighted by molar-refractivity contribution is 7.57. The lowest BCUT2D eigenvalue weighted by molar-refractivity contribution is 0.742. The maximum absolute atomic E-state index is 3.42. The summed E-state index contributed by atoms with van der Waals surface area (Å²) in [6.45, 7) is 2.61. The zero-order chi connectivity index (χ0) is 6.81. The van der Waals surface area contributed by atoms with Gasteiger partial charge in [0.15, 0.2) is 0 Å². The average Bonchev–Trinajstić information content (AvgIpc) is 2.74. The molecule has 1 nitrogen and oxygen atoms in total. The van der Waals surface area contributed by atoms with E-state index in [-0.39, 0.29) is 0 Å². The monoisotopic (exact) mass is 157 g/mol. The van der Waals surface area contributed by atoms with E-state index >= 15 is 0 Å². The fourth-order valence-corrected chi connectivity index (χ4v) is 4.19. The largest absolute Gasteiger partial charge is 0.316 e. The molecule has 58 valence electrons. The van der Waals surface area contributed by atoms with Crippen molar-refractivity contribution in [1.82, 2.24) is 5.32 Å². The summed E-state index contributed by atoms with van der Waals surface area (Å²) >= 11 is 0. The second kappa shape index (κ2) is 3.19. The minimum atomic E-state index is 0.489. The summed E-state index contributed by atoms with van der Waals surface area (Å²) in [4.78, 5) is 0. The molecule has 1 N–H and O–H groups in total. The Balaban J connectivity index is 1.69. The van der Waals surface area contributed by atoms with Crippen molar-refractivity contribution < 1.29 is 0 Å². The van der Waals surface area contributed by atoms with Crippen LogP contribution in [0.5, 0.6) is 0 Å². The predicted octanol–water partition coefficient (Wildman–Crippen LogP) is 1.48. The van der Waals surface area contributed by atoms with Gasteiger partial charge in [-0.15, -0.1) is 7.92 Å². The molecule has 2 fully saturated rings. The molecule has 1 saturated carbocycles. The minimum Gasteiger partial charge on any atom is -0.316 e. The van der Waals surface area contributed by atoms with E-state index < -0.39 is 0 Å². The summed E-state index contributed by atoms with van der Waals surface area (Å²) in [5.41, 5.74) is 0. The molecule has 2 rings (SSSR count). The van der Waals surface area contributed by atoms with E-state index in [1.807, 2.05) is 0 Å². The van der Waals surface area contributed by atoms with Crippen LogP contribution in [0.1, 0.15) is 12.8 Å². The van der Waals surface area contributed by atoms with Gasteiger partial charge in [0.05, 0.1) is 0 Å². The summed E-state index contributed by atoms with van der Waals surface area (Å²) in [5, 5.41) is 3.42. The Kier molecular flexibility index (Phi) is 2.25. The van der Waals surface area contributed by atoms with E-state index in [1.165, 1.54) is 31.3 Å². The van der Waals surface area contributed by atoms with Gasteiger partial charge in [-0.05, 0) is 50.3 Å². The molecular weight excluding hydrogens is 141 g/mol. The zero-order valence-electron chi connectivity index (χ0n) is 6.47. The van der Waals surface area contributed by atoms with Crippen LogP contribution < -0.4 is 5.32 Å². The van der Waals surface area contributed by atoms with Crippen molar-refractivity contribution in [2.75, 3.05) is 31.6 Å². The third kappa shape index (κ3) is 1.93. The number of hydrogen-bond donors (Lipinski definition) is 1. The minimum absolute atomic E-state index is 0.489. The fraction of sp³-hybridized carbons (Fsp3) is 1.00. The molecule has 10 heavy (non-hydrogen) atoms. The van der Waals surface area contributed by atoms with Crippen LogP contribution in [0.15, 0.2) is 0 Å². The van der Waals surface area contributed by atoms with E-state index in [2.05, 4.69) is 5.32 Å². The molecule has 0 aromatic heterocycles. The van der Waals surface area contributed by atoms with E-state index in [4.69, 9.17) is 0 Å². The lowest BCUT2D eigenvalue weighted by atomic mass is 10.5. The second-order valence-corrected chi connectivity index (χ2v) is 6.10. The zero-order valence-corrected chi connectivity index (χ0v) is 7.37. The molecule has 0 aromatic carbocycles. The first-order chi connectivity index (χ1) is 4.95. The molecule has 1 saturated heterocycles. The quantitative estimate of drug-likeness (QED) is 0.599. The van der Waals surface area contributed by atoms with Crippen molar-refractivity contribution in [3.63, 3.8) is 0 Å². The predicted molar refractivity (Wildman–Crippen MR) is 47.1 cm³/mol. The maximum Gasteiger partial charge on any atom is -0.000934 e. The Labute approximate surface area is 64.3 Å². The summed E-state index contributed by atoms with van der Waals surface area (Å²) in [6.07, 6.45) is 7.72. The first kappa shape index (κ1) is 7.06. The molecule has 2 heteroatoms. The smallest absolute Gasteiger partial charge is 0.000934 e. The molecule has 0 unspecified atom stereocenters. The molecule has 1 heterocycles. The summed E-state index contributed by atoms with van der Waals surface area (Å²) in [6, 6.07) is 0. The molecule has 0 bridgehead atoms. The SMILES string of the molecule is C1CP(CC2CC2)CCN1. The van der Waals surface area contributed by atoms with Crippen molar-refractivity contribution in [3.05, 3.63) is 0 Å². The van der Waals surface area contributed by atoms with Gasteiger partial charge in [0, 0.05) is 0 Å². The first-order valence-electron chi connectivity index (χ1n) is 4.38. The van der Waals surface area contributed by atoms with Crippen LogP contribution in [0, 0.1) is 5.92 Å². The molecule has 2 aliphatic rings. The van der Waals surface area contributed by atoms with E-state index in [9.17, 15) is 0 Å².